The lowest BCUT2D eigenvalue weighted by Crippen LogP contribution is -2.10. The molecule has 1 unspecified atom stereocenters. The van der Waals surface area contributed by atoms with Gasteiger partial charge >= 0.3 is 5.97 Å². The maximum Gasteiger partial charge on any atom is 0.357 e. The van der Waals surface area contributed by atoms with Gasteiger partial charge in [-0.25, -0.2) is 14.8 Å². The van der Waals surface area contributed by atoms with Crippen molar-refractivity contribution in [3.63, 3.8) is 0 Å². The Hall–Kier alpha value is -1.89. The van der Waals surface area contributed by atoms with Gasteiger partial charge in [0.05, 0.1) is 11.6 Å². The van der Waals surface area contributed by atoms with Crippen LogP contribution in [0.15, 0.2) is 17.9 Å². The molecule has 0 aromatic carbocycles. The van der Waals surface area contributed by atoms with Crippen LogP contribution in [0.3, 0.4) is 0 Å². The number of carbonyl (C=O) groups is 1. The molecule has 0 saturated carbocycles. The molecule has 0 saturated heterocycles. The molecule has 1 atom stereocenters. The zero-order chi connectivity index (χ0) is 11.5. The second-order valence-electron chi connectivity index (χ2n) is 3.18. The maximum atomic E-state index is 10.8. The van der Waals surface area contributed by atoms with Crippen LogP contribution in [0.2, 0.25) is 0 Å². The number of aromatic carboxylic acids is 1. The fourth-order valence-corrected chi connectivity index (χ4v) is 2.04. The molecule has 7 heteroatoms. The Morgan fingerprint density at radius 2 is 2.44 bits per heavy atom. The molecule has 0 radical (unpaired) electrons. The van der Waals surface area contributed by atoms with Gasteiger partial charge in [0.15, 0.2) is 5.69 Å². The van der Waals surface area contributed by atoms with E-state index in [-0.39, 0.29) is 11.7 Å². The number of nitrogens with one attached hydrogen (secondary N) is 2. The van der Waals surface area contributed by atoms with Crippen molar-refractivity contribution in [1.82, 2.24) is 15.0 Å². The molecule has 3 N–H and O–H groups in total. The molecular weight excluding hydrogens is 228 g/mol. The van der Waals surface area contributed by atoms with Crippen LogP contribution in [0.1, 0.15) is 29.3 Å². The van der Waals surface area contributed by atoms with Crippen molar-refractivity contribution in [2.24, 2.45) is 0 Å². The monoisotopic (exact) mass is 238 g/mol. The lowest BCUT2D eigenvalue weighted by Gasteiger charge is -2.10. The van der Waals surface area contributed by atoms with Gasteiger partial charge in [0, 0.05) is 12.4 Å². The minimum absolute atomic E-state index is 0.0448. The number of rotatable bonds is 4. The Morgan fingerprint density at radius 1 is 1.62 bits per heavy atom. The number of hydrogen-bond donors (Lipinski definition) is 3. The minimum atomic E-state index is -1.03. The van der Waals surface area contributed by atoms with E-state index in [1.165, 1.54) is 16.8 Å². The fraction of sp³-hybridized carbons (Fsp3) is 0.222. The van der Waals surface area contributed by atoms with Gasteiger partial charge in [-0.05, 0) is 6.92 Å². The van der Waals surface area contributed by atoms with Gasteiger partial charge in [0.2, 0.25) is 0 Å². The van der Waals surface area contributed by atoms with Crippen LogP contribution in [0.25, 0.3) is 0 Å². The zero-order valence-corrected chi connectivity index (χ0v) is 9.28. The largest absolute Gasteiger partial charge is 0.476 e. The lowest BCUT2D eigenvalue weighted by atomic mass is 10.3. The van der Waals surface area contributed by atoms with E-state index in [0.717, 1.165) is 5.82 Å². The first kappa shape index (κ1) is 10.6. The van der Waals surface area contributed by atoms with Crippen LogP contribution >= 0.6 is 11.3 Å². The molecule has 16 heavy (non-hydrogen) atoms. The van der Waals surface area contributed by atoms with Crippen molar-refractivity contribution in [1.29, 1.82) is 0 Å². The average Bonchev–Trinajstić information content (AvgIpc) is 2.86. The summed E-state index contributed by atoms with van der Waals surface area (Å²) in [7, 11) is 0. The van der Waals surface area contributed by atoms with Gasteiger partial charge in [0.1, 0.15) is 10.8 Å². The third-order valence-electron chi connectivity index (χ3n) is 2.05. The second-order valence-corrected chi connectivity index (χ2v) is 4.03. The van der Waals surface area contributed by atoms with Gasteiger partial charge < -0.3 is 15.4 Å². The Labute approximate surface area is 95.4 Å². The molecule has 0 bridgehead atoms. The number of hydrogen-bond acceptors (Lipinski definition) is 5. The summed E-state index contributed by atoms with van der Waals surface area (Å²) < 4.78 is 0. The van der Waals surface area contributed by atoms with E-state index < -0.39 is 5.97 Å². The molecule has 2 rings (SSSR count). The summed E-state index contributed by atoms with van der Waals surface area (Å²) in [6, 6.07) is -0.0893. The van der Waals surface area contributed by atoms with Gasteiger partial charge in [0.25, 0.3) is 0 Å². The van der Waals surface area contributed by atoms with E-state index in [2.05, 4.69) is 20.3 Å². The molecule has 2 aromatic heterocycles. The van der Waals surface area contributed by atoms with Crippen LogP contribution in [-0.2, 0) is 0 Å². The van der Waals surface area contributed by atoms with Crippen molar-refractivity contribution in [2.45, 2.75) is 13.0 Å². The number of thiazole rings is 1. The van der Waals surface area contributed by atoms with E-state index in [4.69, 9.17) is 5.11 Å². The quantitative estimate of drug-likeness (QED) is 0.754. The minimum Gasteiger partial charge on any atom is -0.476 e. The highest BCUT2D eigenvalue weighted by Gasteiger charge is 2.16. The standard InChI is InChI=1S/C9H10N4O2S/c1-5(7-10-2-3-11-7)13-8-6(9(14)15)12-4-16-8/h2-5,13H,1H3,(H,10,11)(H,14,15). The Kier molecular flexibility index (Phi) is 2.86. The van der Waals surface area contributed by atoms with Crippen LogP contribution in [0.4, 0.5) is 5.00 Å². The first-order valence-electron chi connectivity index (χ1n) is 4.61. The Bertz CT molecular complexity index is 479. The number of aromatic amines is 1. The maximum absolute atomic E-state index is 10.8. The molecule has 0 spiro atoms. The number of carboxylic acid groups (broad SMARTS) is 1. The molecule has 2 heterocycles. The van der Waals surface area contributed by atoms with Gasteiger partial charge in [-0.2, -0.15) is 0 Å². The van der Waals surface area contributed by atoms with Crippen molar-refractivity contribution in [3.8, 4) is 0 Å². The third kappa shape index (κ3) is 2.03. The van der Waals surface area contributed by atoms with Crippen molar-refractivity contribution < 1.29 is 9.90 Å². The number of anilines is 1. The van der Waals surface area contributed by atoms with Crippen molar-refractivity contribution >= 4 is 22.3 Å². The summed E-state index contributed by atoms with van der Waals surface area (Å²) in [5, 5.41) is 12.5. The molecule has 2 aromatic rings. The normalized spacial score (nSPS) is 12.3. The highest BCUT2D eigenvalue weighted by Crippen LogP contribution is 2.24. The summed E-state index contributed by atoms with van der Waals surface area (Å²) in [5.41, 5.74) is 1.55. The summed E-state index contributed by atoms with van der Waals surface area (Å²) in [5.74, 6) is -0.278. The van der Waals surface area contributed by atoms with Crippen LogP contribution in [0.5, 0.6) is 0 Å². The van der Waals surface area contributed by atoms with Crippen molar-refractivity contribution in [3.05, 3.63) is 29.4 Å². The molecule has 0 amide bonds. The second kappa shape index (κ2) is 4.31. The molecule has 0 aliphatic rings. The molecule has 0 fully saturated rings. The van der Waals surface area contributed by atoms with Gasteiger partial charge in [-0.15, -0.1) is 11.3 Å². The SMILES string of the molecule is CC(Nc1scnc1C(=O)O)c1ncc[nH]1. The summed E-state index contributed by atoms with van der Waals surface area (Å²) in [6.45, 7) is 1.89. The van der Waals surface area contributed by atoms with Gasteiger partial charge in [-0.1, -0.05) is 0 Å². The van der Waals surface area contributed by atoms with E-state index in [9.17, 15) is 4.79 Å². The summed E-state index contributed by atoms with van der Waals surface area (Å²) in [6.07, 6.45) is 3.37. The third-order valence-corrected chi connectivity index (χ3v) is 2.80. The highest BCUT2D eigenvalue weighted by molar-refractivity contribution is 7.14. The number of imidazole rings is 1. The van der Waals surface area contributed by atoms with Crippen LogP contribution in [-0.4, -0.2) is 26.0 Å². The Morgan fingerprint density at radius 3 is 3.06 bits per heavy atom. The van der Waals surface area contributed by atoms with Crippen LogP contribution < -0.4 is 5.32 Å². The summed E-state index contributed by atoms with van der Waals surface area (Å²) in [4.78, 5) is 21.7. The first-order chi connectivity index (χ1) is 7.68. The van der Waals surface area contributed by atoms with Crippen LogP contribution in [0, 0.1) is 0 Å². The highest BCUT2D eigenvalue weighted by atomic mass is 32.1. The summed E-state index contributed by atoms with van der Waals surface area (Å²) >= 11 is 1.26. The first-order valence-corrected chi connectivity index (χ1v) is 5.49. The predicted molar refractivity (Wildman–Crippen MR) is 59.7 cm³/mol. The van der Waals surface area contributed by atoms with E-state index >= 15 is 0 Å². The number of H-pyrrole nitrogens is 1. The molecule has 0 aliphatic heterocycles. The molecular formula is C9H10N4O2S. The molecule has 0 aliphatic carbocycles. The zero-order valence-electron chi connectivity index (χ0n) is 8.47. The van der Waals surface area contributed by atoms with Gasteiger partial charge in [-0.3, -0.25) is 0 Å². The fourth-order valence-electron chi connectivity index (χ4n) is 1.28. The predicted octanol–water partition coefficient (Wildman–Crippen LogP) is 1.74. The van der Waals surface area contributed by atoms with E-state index in [1.807, 2.05) is 6.92 Å². The van der Waals surface area contributed by atoms with E-state index in [1.54, 1.807) is 12.4 Å². The average molecular weight is 238 g/mol. The smallest absolute Gasteiger partial charge is 0.357 e. The Balaban J connectivity index is 2.15. The lowest BCUT2D eigenvalue weighted by molar-refractivity contribution is 0.0692. The molecule has 84 valence electrons. The molecule has 6 nitrogen and oxygen atoms in total. The van der Waals surface area contributed by atoms with E-state index in [0.29, 0.717) is 5.00 Å². The topological polar surface area (TPSA) is 90.9 Å². The number of aromatic nitrogens is 3. The van der Waals surface area contributed by atoms with Crippen molar-refractivity contribution in [2.75, 3.05) is 5.32 Å². The number of carboxylic acids is 1. The number of nitrogens with zero attached hydrogens (tertiary/aromatic N) is 2.